The van der Waals surface area contributed by atoms with Crippen LogP contribution in [0, 0.1) is 13.8 Å². The minimum absolute atomic E-state index is 0.0244. The zero-order valence-electron chi connectivity index (χ0n) is 17.0. The van der Waals surface area contributed by atoms with Crippen LogP contribution in [0.4, 0.5) is 18.9 Å². The normalized spacial score (nSPS) is 12.1. The van der Waals surface area contributed by atoms with Gasteiger partial charge in [-0.3, -0.25) is 4.79 Å². The van der Waals surface area contributed by atoms with Crippen molar-refractivity contribution in [2.45, 2.75) is 31.8 Å². The van der Waals surface area contributed by atoms with Gasteiger partial charge in [0.1, 0.15) is 5.75 Å². The first-order valence-corrected chi connectivity index (χ1v) is 10.5. The Balaban J connectivity index is 2.28. The van der Waals surface area contributed by atoms with E-state index in [9.17, 15) is 26.4 Å². The van der Waals surface area contributed by atoms with E-state index in [1.165, 1.54) is 38.3 Å². The van der Waals surface area contributed by atoms with Gasteiger partial charge in [0, 0.05) is 6.54 Å². The molecule has 30 heavy (non-hydrogen) atoms. The number of sulfonamides is 1. The molecule has 6 nitrogen and oxygen atoms in total. The lowest BCUT2D eigenvalue weighted by Gasteiger charge is -2.22. The lowest BCUT2D eigenvalue weighted by Crippen LogP contribution is -2.38. The first kappa shape index (κ1) is 23.7. The molecule has 0 aliphatic rings. The van der Waals surface area contributed by atoms with Crippen LogP contribution in [-0.4, -0.2) is 38.8 Å². The van der Waals surface area contributed by atoms with Crippen molar-refractivity contribution in [2.75, 3.05) is 25.5 Å². The van der Waals surface area contributed by atoms with E-state index < -0.39 is 39.9 Å². The first-order valence-electron chi connectivity index (χ1n) is 9.03. The molecule has 0 atom stereocenters. The summed E-state index contributed by atoms with van der Waals surface area (Å²) >= 11 is 0. The number of carbonyl (C=O) groups excluding carboxylic acids is 1. The maximum Gasteiger partial charge on any atom is 0.418 e. The Morgan fingerprint density at radius 1 is 1.13 bits per heavy atom. The molecule has 0 saturated heterocycles. The van der Waals surface area contributed by atoms with Crippen LogP contribution < -0.4 is 10.1 Å². The number of hydrogen-bond acceptors (Lipinski definition) is 4. The standard InChI is InChI=1S/C20H23F3N2O4S/c1-5-25(30(27,28)15-10-13(2)19(29-4)14(3)11-15)12-18(26)24-17-9-7-6-8-16(17)20(21,22)23/h6-11H,5,12H2,1-4H3,(H,24,26). The smallest absolute Gasteiger partial charge is 0.418 e. The molecule has 1 amide bonds. The second kappa shape index (κ2) is 9.05. The molecule has 2 aromatic carbocycles. The van der Waals surface area contributed by atoms with Gasteiger partial charge in [0.15, 0.2) is 0 Å². The number of rotatable bonds is 7. The van der Waals surface area contributed by atoms with Crippen LogP contribution in [0.1, 0.15) is 23.6 Å². The topological polar surface area (TPSA) is 75.7 Å². The predicted octanol–water partition coefficient (Wildman–Crippen LogP) is 3.98. The number of likely N-dealkylation sites (N-methyl/N-ethyl adjacent to an activating group) is 1. The number of nitrogens with zero attached hydrogens (tertiary/aromatic N) is 1. The second-order valence-corrected chi connectivity index (χ2v) is 8.55. The highest BCUT2D eigenvalue weighted by molar-refractivity contribution is 7.89. The van der Waals surface area contributed by atoms with Gasteiger partial charge in [-0.1, -0.05) is 19.1 Å². The SMILES string of the molecule is CCN(CC(=O)Nc1ccccc1C(F)(F)F)S(=O)(=O)c1cc(C)c(OC)c(C)c1. The molecular formula is C20H23F3N2O4S. The van der Waals surface area contributed by atoms with Gasteiger partial charge in [0.05, 0.1) is 29.8 Å². The number of halogens is 3. The van der Waals surface area contributed by atoms with E-state index in [4.69, 9.17) is 4.74 Å². The Morgan fingerprint density at radius 2 is 1.70 bits per heavy atom. The number of methoxy groups -OCH3 is 1. The summed E-state index contributed by atoms with van der Waals surface area (Å²) in [4.78, 5) is 12.3. The number of alkyl halides is 3. The van der Waals surface area contributed by atoms with E-state index >= 15 is 0 Å². The van der Waals surface area contributed by atoms with E-state index in [0.29, 0.717) is 16.9 Å². The van der Waals surface area contributed by atoms with Crippen molar-refractivity contribution >= 4 is 21.6 Å². The first-order chi connectivity index (χ1) is 13.9. The van der Waals surface area contributed by atoms with Crippen molar-refractivity contribution in [2.24, 2.45) is 0 Å². The summed E-state index contributed by atoms with van der Waals surface area (Å²) in [5.41, 5.74) is -0.225. The van der Waals surface area contributed by atoms with Crippen molar-refractivity contribution < 1.29 is 31.1 Å². The monoisotopic (exact) mass is 444 g/mol. The zero-order valence-corrected chi connectivity index (χ0v) is 17.8. The molecule has 0 bridgehead atoms. The fourth-order valence-corrected chi connectivity index (χ4v) is 4.66. The Kier molecular flexibility index (Phi) is 7.14. The van der Waals surface area contributed by atoms with Crippen LogP contribution in [0.2, 0.25) is 0 Å². The van der Waals surface area contributed by atoms with Crippen LogP contribution in [-0.2, 0) is 21.0 Å². The molecule has 0 unspecified atom stereocenters. The minimum atomic E-state index is -4.65. The number of hydrogen-bond donors (Lipinski definition) is 1. The van der Waals surface area contributed by atoms with Crippen LogP contribution >= 0.6 is 0 Å². The molecule has 0 heterocycles. The molecule has 2 rings (SSSR count). The molecule has 0 aliphatic heterocycles. The Labute approximate surface area is 173 Å². The van der Waals surface area contributed by atoms with Crippen LogP contribution in [0.25, 0.3) is 0 Å². The van der Waals surface area contributed by atoms with E-state index in [1.807, 2.05) is 0 Å². The van der Waals surface area contributed by atoms with Crippen molar-refractivity contribution in [1.82, 2.24) is 4.31 Å². The molecule has 2 aromatic rings. The predicted molar refractivity (Wildman–Crippen MR) is 107 cm³/mol. The summed E-state index contributed by atoms with van der Waals surface area (Å²) in [6.45, 7) is 4.26. The third kappa shape index (κ3) is 5.11. The fourth-order valence-electron chi connectivity index (χ4n) is 3.09. The van der Waals surface area contributed by atoms with Gasteiger partial charge in [0.25, 0.3) is 0 Å². The highest BCUT2D eigenvalue weighted by atomic mass is 32.2. The fraction of sp³-hybridized carbons (Fsp3) is 0.350. The lowest BCUT2D eigenvalue weighted by molar-refractivity contribution is -0.137. The zero-order chi connectivity index (χ0) is 22.7. The number of anilines is 1. The molecular weight excluding hydrogens is 421 g/mol. The average molecular weight is 444 g/mol. The molecule has 10 heteroatoms. The Bertz CT molecular complexity index is 1010. The minimum Gasteiger partial charge on any atom is -0.496 e. The largest absolute Gasteiger partial charge is 0.496 e. The third-order valence-electron chi connectivity index (χ3n) is 4.45. The number of nitrogens with one attached hydrogen (secondary N) is 1. The van der Waals surface area contributed by atoms with E-state index in [1.54, 1.807) is 13.8 Å². The second-order valence-electron chi connectivity index (χ2n) is 6.61. The molecule has 0 fully saturated rings. The quantitative estimate of drug-likeness (QED) is 0.701. The molecule has 0 saturated carbocycles. The molecule has 164 valence electrons. The van der Waals surface area contributed by atoms with Gasteiger partial charge >= 0.3 is 6.18 Å². The number of aryl methyl sites for hydroxylation is 2. The molecule has 1 N–H and O–H groups in total. The molecule has 0 aliphatic carbocycles. The number of ether oxygens (including phenoxy) is 1. The van der Waals surface area contributed by atoms with Crippen molar-refractivity contribution in [3.8, 4) is 5.75 Å². The lowest BCUT2D eigenvalue weighted by atomic mass is 10.1. The number of para-hydroxylation sites is 1. The van der Waals surface area contributed by atoms with E-state index in [-0.39, 0.29) is 11.4 Å². The Morgan fingerprint density at radius 3 is 2.20 bits per heavy atom. The van der Waals surface area contributed by atoms with Gasteiger partial charge in [-0.2, -0.15) is 17.5 Å². The summed E-state index contributed by atoms with van der Waals surface area (Å²) in [6, 6.07) is 7.37. The van der Waals surface area contributed by atoms with Gasteiger partial charge < -0.3 is 10.1 Å². The van der Waals surface area contributed by atoms with Crippen LogP contribution in [0.5, 0.6) is 5.75 Å². The number of carbonyl (C=O) groups is 1. The summed E-state index contributed by atoms with van der Waals surface area (Å²) in [5.74, 6) is -0.322. The summed E-state index contributed by atoms with van der Waals surface area (Å²) in [5, 5.41) is 2.16. The van der Waals surface area contributed by atoms with Gasteiger partial charge in [-0.25, -0.2) is 8.42 Å². The summed E-state index contributed by atoms with van der Waals surface area (Å²) < 4.78 is 71.5. The number of benzene rings is 2. The number of amides is 1. The van der Waals surface area contributed by atoms with Crippen LogP contribution in [0.3, 0.4) is 0 Å². The van der Waals surface area contributed by atoms with Gasteiger partial charge in [0.2, 0.25) is 15.9 Å². The van der Waals surface area contributed by atoms with Crippen molar-refractivity contribution in [1.29, 1.82) is 0 Å². The van der Waals surface area contributed by atoms with Gasteiger partial charge in [-0.05, 0) is 49.2 Å². The van der Waals surface area contributed by atoms with Crippen molar-refractivity contribution in [3.63, 3.8) is 0 Å². The van der Waals surface area contributed by atoms with Crippen LogP contribution in [0.15, 0.2) is 41.3 Å². The Hall–Kier alpha value is -2.59. The maximum atomic E-state index is 13.1. The molecule has 0 radical (unpaired) electrons. The molecule has 0 aromatic heterocycles. The summed E-state index contributed by atoms with van der Waals surface area (Å²) in [6.07, 6.45) is -4.65. The molecule has 0 spiro atoms. The third-order valence-corrected chi connectivity index (χ3v) is 6.35. The van der Waals surface area contributed by atoms with E-state index in [0.717, 1.165) is 16.4 Å². The van der Waals surface area contributed by atoms with E-state index in [2.05, 4.69) is 5.32 Å². The van der Waals surface area contributed by atoms with Gasteiger partial charge in [-0.15, -0.1) is 0 Å². The maximum absolute atomic E-state index is 13.1. The average Bonchev–Trinajstić information content (AvgIpc) is 2.65. The summed E-state index contributed by atoms with van der Waals surface area (Å²) in [7, 11) is -2.58. The highest BCUT2D eigenvalue weighted by Crippen LogP contribution is 2.34. The highest BCUT2D eigenvalue weighted by Gasteiger charge is 2.34. The van der Waals surface area contributed by atoms with Crippen molar-refractivity contribution in [3.05, 3.63) is 53.1 Å².